The van der Waals surface area contributed by atoms with Crippen LogP contribution in [0.3, 0.4) is 0 Å². The van der Waals surface area contributed by atoms with Gasteiger partial charge in [0.1, 0.15) is 12.9 Å². The van der Waals surface area contributed by atoms with E-state index in [0.29, 0.717) is 53.1 Å². The first kappa shape index (κ1) is 20.8. The SMILES string of the molecule is CC1C(c2ccccc2)=C[C@H]2[C@H](c3noc(Cn4cnc5nc(NCCO)n(C)c5c4=O)n3)[C@@H]12. The van der Waals surface area contributed by atoms with Crippen LogP contribution in [0.2, 0.25) is 0 Å². The topological polar surface area (TPSA) is 124 Å². The van der Waals surface area contributed by atoms with Crippen LogP contribution in [0.4, 0.5) is 5.95 Å². The van der Waals surface area contributed by atoms with E-state index in [4.69, 9.17) is 9.63 Å². The molecular formula is C24H25N7O3. The molecule has 3 heterocycles. The number of hydrogen-bond acceptors (Lipinski definition) is 8. The first-order valence-corrected chi connectivity index (χ1v) is 11.4. The van der Waals surface area contributed by atoms with Gasteiger partial charge in [-0.1, -0.05) is 48.5 Å². The minimum absolute atomic E-state index is 0.0365. The van der Waals surface area contributed by atoms with E-state index in [0.717, 1.165) is 0 Å². The van der Waals surface area contributed by atoms with Gasteiger partial charge in [0.2, 0.25) is 11.8 Å². The van der Waals surface area contributed by atoms with Crippen LogP contribution in [0.15, 0.2) is 52.1 Å². The number of aliphatic hydroxyl groups excluding tert-OH is 1. The second-order valence-electron chi connectivity index (χ2n) is 9.00. The van der Waals surface area contributed by atoms with Crippen LogP contribution < -0.4 is 10.9 Å². The number of aliphatic hydroxyl groups is 1. The Morgan fingerprint density at radius 3 is 2.76 bits per heavy atom. The maximum absolute atomic E-state index is 13.1. The van der Waals surface area contributed by atoms with E-state index < -0.39 is 0 Å². The van der Waals surface area contributed by atoms with Gasteiger partial charge in [-0.05, 0) is 28.9 Å². The number of anilines is 1. The third-order valence-electron chi connectivity index (χ3n) is 7.02. The zero-order valence-electron chi connectivity index (χ0n) is 18.9. The third kappa shape index (κ3) is 3.25. The number of allylic oxidation sites excluding steroid dienone is 2. The maximum atomic E-state index is 13.1. The number of rotatable bonds is 7. The van der Waals surface area contributed by atoms with Crippen LogP contribution in [0.1, 0.15) is 30.1 Å². The summed E-state index contributed by atoms with van der Waals surface area (Å²) in [6.07, 6.45) is 3.80. The van der Waals surface area contributed by atoms with Gasteiger partial charge in [0.25, 0.3) is 5.56 Å². The Bertz CT molecular complexity index is 1450. The monoisotopic (exact) mass is 459 g/mol. The van der Waals surface area contributed by atoms with E-state index in [2.05, 4.69) is 62.7 Å². The summed E-state index contributed by atoms with van der Waals surface area (Å²) < 4.78 is 8.59. The molecule has 0 saturated heterocycles. The summed E-state index contributed by atoms with van der Waals surface area (Å²) in [6, 6.07) is 10.5. The van der Waals surface area contributed by atoms with Crippen molar-refractivity contribution in [1.82, 2.24) is 29.2 Å². The van der Waals surface area contributed by atoms with E-state index in [9.17, 15) is 4.79 Å². The Kier molecular flexibility index (Phi) is 4.84. The highest BCUT2D eigenvalue weighted by atomic mass is 16.5. The largest absolute Gasteiger partial charge is 0.395 e. The lowest BCUT2D eigenvalue weighted by molar-refractivity contribution is 0.310. The van der Waals surface area contributed by atoms with Gasteiger partial charge in [-0.15, -0.1) is 0 Å². The molecule has 6 rings (SSSR count). The van der Waals surface area contributed by atoms with Gasteiger partial charge < -0.3 is 19.5 Å². The lowest BCUT2D eigenvalue weighted by Gasteiger charge is -2.13. The number of imidazole rings is 1. The molecule has 34 heavy (non-hydrogen) atoms. The molecule has 0 amide bonds. The number of benzene rings is 1. The predicted molar refractivity (Wildman–Crippen MR) is 125 cm³/mol. The fourth-order valence-electron chi connectivity index (χ4n) is 5.30. The molecule has 1 unspecified atom stereocenters. The summed E-state index contributed by atoms with van der Waals surface area (Å²) in [6.45, 7) is 2.70. The molecule has 1 fully saturated rings. The zero-order chi connectivity index (χ0) is 23.4. The average molecular weight is 460 g/mol. The summed E-state index contributed by atoms with van der Waals surface area (Å²) >= 11 is 0. The fraction of sp³-hybridized carbons (Fsp3) is 0.375. The predicted octanol–water partition coefficient (Wildman–Crippen LogP) is 2.03. The van der Waals surface area contributed by atoms with Crippen molar-refractivity contribution in [3.05, 3.63) is 70.4 Å². The summed E-state index contributed by atoms with van der Waals surface area (Å²) in [7, 11) is 1.73. The summed E-state index contributed by atoms with van der Waals surface area (Å²) in [5.41, 5.74) is 3.14. The van der Waals surface area contributed by atoms with E-state index in [-0.39, 0.29) is 24.6 Å². The van der Waals surface area contributed by atoms with E-state index in [1.807, 2.05) is 6.07 Å². The number of nitrogens with one attached hydrogen (secondary N) is 1. The molecule has 1 aromatic carbocycles. The molecule has 0 spiro atoms. The van der Waals surface area contributed by atoms with Crippen molar-refractivity contribution >= 4 is 22.7 Å². The highest BCUT2D eigenvalue weighted by Crippen LogP contribution is 2.65. The van der Waals surface area contributed by atoms with Crippen molar-refractivity contribution in [1.29, 1.82) is 0 Å². The number of nitrogens with zero attached hydrogens (tertiary/aromatic N) is 6. The van der Waals surface area contributed by atoms with Gasteiger partial charge in [-0.25, -0.2) is 4.98 Å². The van der Waals surface area contributed by atoms with Crippen LogP contribution in [-0.2, 0) is 13.6 Å². The Labute approximate surface area is 195 Å². The van der Waals surface area contributed by atoms with Crippen molar-refractivity contribution in [2.45, 2.75) is 19.4 Å². The molecule has 2 N–H and O–H groups in total. The molecule has 4 atom stereocenters. The van der Waals surface area contributed by atoms with Crippen molar-refractivity contribution in [3.63, 3.8) is 0 Å². The molecule has 3 aromatic heterocycles. The second-order valence-corrected chi connectivity index (χ2v) is 9.00. The van der Waals surface area contributed by atoms with Gasteiger partial charge in [0.05, 0.1) is 6.61 Å². The smallest absolute Gasteiger partial charge is 0.280 e. The Hall–Kier alpha value is -3.79. The number of aryl methyl sites for hydroxylation is 1. The molecule has 174 valence electrons. The second kappa shape index (κ2) is 7.91. The van der Waals surface area contributed by atoms with Gasteiger partial charge in [0.15, 0.2) is 17.0 Å². The molecule has 1 saturated carbocycles. The first-order chi connectivity index (χ1) is 16.6. The van der Waals surface area contributed by atoms with Crippen molar-refractivity contribution < 1.29 is 9.63 Å². The fourth-order valence-corrected chi connectivity index (χ4v) is 5.30. The van der Waals surface area contributed by atoms with Gasteiger partial charge in [-0.3, -0.25) is 9.36 Å². The lowest BCUT2D eigenvalue weighted by atomic mass is 9.91. The average Bonchev–Trinajstić information content (AvgIpc) is 3.10. The molecule has 10 heteroatoms. The Balaban J connectivity index is 1.21. The van der Waals surface area contributed by atoms with Gasteiger partial charge in [0, 0.05) is 19.5 Å². The summed E-state index contributed by atoms with van der Waals surface area (Å²) in [5, 5.41) is 16.2. The molecule has 4 aromatic rings. The zero-order valence-corrected chi connectivity index (χ0v) is 18.9. The van der Waals surface area contributed by atoms with E-state index >= 15 is 0 Å². The molecule has 2 aliphatic rings. The minimum atomic E-state index is -0.246. The van der Waals surface area contributed by atoms with Gasteiger partial charge in [-0.2, -0.15) is 9.97 Å². The number of aromatic nitrogens is 6. The van der Waals surface area contributed by atoms with Crippen LogP contribution in [0, 0.1) is 17.8 Å². The van der Waals surface area contributed by atoms with Crippen LogP contribution in [0.5, 0.6) is 0 Å². The molecule has 10 nitrogen and oxygen atoms in total. The minimum Gasteiger partial charge on any atom is -0.395 e. The molecule has 0 aliphatic heterocycles. The summed E-state index contributed by atoms with van der Waals surface area (Å²) in [5.74, 6) is 3.17. The highest BCUT2D eigenvalue weighted by molar-refractivity contribution is 5.73. The van der Waals surface area contributed by atoms with Crippen molar-refractivity contribution in [2.24, 2.45) is 24.8 Å². The molecular weight excluding hydrogens is 434 g/mol. The number of hydrogen-bond donors (Lipinski definition) is 2. The molecule has 2 aliphatic carbocycles. The standard InChI is InChI=1S/C24H25N7O3/c1-13-15(14-6-4-3-5-7-14)10-16-18(13)19(16)21-27-17(34-29-21)11-31-12-26-22-20(23(31)33)30(2)24(28-22)25-8-9-32/h3-7,10,12-13,16,18-19,32H,8-9,11H2,1-2H3,(H,25,28)/t13?,16-,18+,19+/m1/s1. The quantitative estimate of drug-likeness (QED) is 0.430. The Morgan fingerprint density at radius 2 is 2.03 bits per heavy atom. The Morgan fingerprint density at radius 1 is 1.21 bits per heavy atom. The number of fused-ring (bicyclic) bond motifs is 2. The van der Waals surface area contributed by atoms with Crippen LogP contribution >= 0.6 is 0 Å². The van der Waals surface area contributed by atoms with Gasteiger partial charge >= 0.3 is 0 Å². The lowest BCUT2D eigenvalue weighted by Crippen LogP contribution is -2.23. The first-order valence-electron chi connectivity index (χ1n) is 11.4. The third-order valence-corrected chi connectivity index (χ3v) is 7.02. The van der Waals surface area contributed by atoms with Crippen LogP contribution in [-0.4, -0.2) is 47.5 Å². The summed E-state index contributed by atoms with van der Waals surface area (Å²) in [4.78, 5) is 26.3. The maximum Gasteiger partial charge on any atom is 0.280 e. The normalized spacial score (nSPS) is 23.2. The highest BCUT2D eigenvalue weighted by Gasteiger charge is 2.59. The molecule has 0 radical (unpaired) electrons. The van der Waals surface area contributed by atoms with E-state index in [1.165, 1.54) is 22.0 Å². The van der Waals surface area contributed by atoms with Crippen molar-refractivity contribution in [3.8, 4) is 0 Å². The molecule has 0 bridgehead atoms. The van der Waals surface area contributed by atoms with E-state index in [1.54, 1.807) is 11.6 Å². The van der Waals surface area contributed by atoms with Crippen molar-refractivity contribution in [2.75, 3.05) is 18.5 Å². The van der Waals surface area contributed by atoms with Crippen LogP contribution in [0.25, 0.3) is 16.7 Å².